The number of thiophene rings is 1. The molecule has 0 radical (unpaired) electrons. The Morgan fingerprint density at radius 1 is 1.00 bits per heavy atom. The van der Waals surface area contributed by atoms with Crippen LogP contribution in [0.25, 0.3) is 0 Å². The molecule has 0 bridgehead atoms. The minimum Gasteiger partial charge on any atom is -0.351 e. The molecule has 0 unspecified atom stereocenters. The average Bonchev–Trinajstić information content (AvgIpc) is 3.15. The summed E-state index contributed by atoms with van der Waals surface area (Å²) >= 11 is 7.26. The number of thiocarbonyl (C=S) groups is 1. The molecule has 0 aliphatic carbocycles. The van der Waals surface area contributed by atoms with Crippen molar-refractivity contribution in [3.05, 3.63) is 88.1 Å². The fraction of sp³-hybridized carbons (Fsp3) is 0.150. The number of aryl methyl sites for hydroxylation is 1. The summed E-state index contributed by atoms with van der Waals surface area (Å²) in [5.41, 5.74) is 3.52. The number of benzene rings is 2. The monoisotopic (exact) mass is 352 g/mol. The molecule has 0 fully saturated rings. The molecule has 0 aliphatic rings. The summed E-state index contributed by atoms with van der Waals surface area (Å²) in [6.07, 6.45) is 1.04. The van der Waals surface area contributed by atoms with Crippen molar-refractivity contribution in [2.45, 2.75) is 19.4 Å². The molecule has 0 saturated carbocycles. The van der Waals surface area contributed by atoms with Gasteiger partial charge in [0.2, 0.25) is 0 Å². The van der Waals surface area contributed by atoms with E-state index in [9.17, 15) is 0 Å². The topological polar surface area (TPSA) is 24.1 Å². The summed E-state index contributed by atoms with van der Waals surface area (Å²) in [5.74, 6) is 0. The minimum atomic E-state index is 0.0566. The average molecular weight is 353 g/mol. The Kier molecular flexibility index (Phi) is 5.62. The zero-order chi connectivity index (χ0) is 16.8. The van der Waals surface area contributed by atoms with Crippen LogP contribution in [0.4, 0.5) is 5.69 Å². The van der Waals surface area contributed by atoms with E-state index in [0.29, 0.717) is 5.11 Å². The highest BCUT2D eigenvalue weighted by atomic mass is 32.1. The van der Waals surface area contributed by atoms with Crippen LogP contribution in [0.15, 0.2) is 72.1 Å². The number of hydrogen-bond acceptors (Lipinski definition) is 2. The van der Waals surface area contributed by atoms with Gasteiger partial charge in [0, 0.05) is 10.6 Å². The first-order valence-corrected chi connectivity index (χ1v) is 9.30. The van der Waals surface area contributed by atoms with Crippen LogP contribution in [0.3, 0.4) is 0 Å². The second kappa shape index (κ2) is 8.08. The van der Waals surface area contributed by atoms with E-state index in [1.807, 2.05) is 6.07 Å². The molecule has 1 heterocycles. The van der Waals surface area contributed by atoms with E-state index in [4.69, 9.17) is 12.2 Å². The summed E-state index contributed by atoms with van der Waals surface area (Å²) in [5, 5.41) is 9.44. The molecular weight excluding hydrogens is 332 g/mol. The fourth-order valence-electron chi connectivity index (χ4n) is 2.54. The van der Waals surface area contributed by atoms with Crippen molar-refractivity contribution >= 4 is 34.4 Å². The summed E-state index contributed by atoms with van der Waals surface area (Å²) in [7, 11) is 0. The molecular formula is C20H20N2S2. The number of rotatable bonds is 5. The zero-order valence-corrected chi connectivity index (χ0v) is 15.2. The molecule has 0 aliphatic heterocycles. The van der Waals surface area contributed by atoms with E-state index < -0.39 is 0 Å². The van der Waals surface area contributed by atoms with Crippen LogP contribution in [-0.4, -0.2) is 5.11 Å². The van der Waals surface area contributed by atoms with Crippen LogP contribution in [0.2, 0.25) is 0 Å². The molecule has 2 aromatic carbocycles. The quantitative estimate of drug-likeness (QED) is 0.602. The van der Waals surface area contributed by atoms with Crippen LogP contribution in [0.5, 0.6) is 0 Å². The third-order valence-electron chi connectivity index (χ3n) is 3.86. The SMILES string of the molecule is CCc1ccc(NC(=S)N[C@@H](c2ccccc2)c2cccs2)cc1. The van der Waals surface area contributed by atoms with Gasteiger partial charge in [-0.15, -0.1) is 11.3 Å². The Morgan fingerprint density at radius 3 is 2.38 bits per heavy atom. The normalized spacial score (nSPS) is 11.7. The highest BCUT2D eigenvalue weighted by molar-refractivity contribution is 7.80. The lowest BCUT2D eigenvalue weighted by Gasteiger charge is -2.20. The molecule has 0 saturated heterocycles. The molecule has 2 N–H and O–H groups in total. The van der Waals surface area contributed by atoms with E-state index in [2.05, 4.69) is 83.6 Å². The van der Waals surface area contributed by atoms with E-state index in [1.165, 1.54) is 16.0 Å². The Morgan fingerprint density at radius 2 is 1.75 bits per heavy atom. The highest BCUT2D eigenvalue weighted by Crippen LogP contribution is 2.26. The van der Waals surface area contributed by atoms with E-state index >= 15 is 0 Å². The molecule has 3 rings (SSSR count). The predicted octanol–water partition coefficient (Wildman–Crippen LogP) is 5.39. The largest absolute Gasteiger partial charge is 0.351 e. The van der Waals surface area contributed by atoms with Crippen LogP contribution < -0.4 is 10.6 Å². The van der Waals surface area contributed by atoms with Gasteiger partial charge < -0.3 is 10.6 Å². The van der Waals surface area contributed by atoms with Crippen LogP contribution >= 0.6 is 23.6 Å². The van der Waals surface area contributed by atoms with Gasteiger partial charge in [0.25, 0.3) is 0 Å². The molecule has 4 heteroatoms. The Balaban J connectivity index is 1.73. The summed E-state index contributed by atoms with van der Waals surface area (Å²) in [4.78, 5) is 1.24. The van der Waals surface area contributed by atoms with Crippen molar-refractivity contribution in [2.75, 3.05) is 5.32 Å². The second-order valence-corrected chi connectivity index (χ2v) is 6.90. The maximum Gasteiger partial charge on any atom is 0.171 e. The fourth-order valence-corrected chi connectivity index (χ4v) is 3.58. The molecule has 2 nitrogen and oxygen atoms in total. The van der Waals surface area contributed by atoms with Crippen molar-refractivity contribution < 1.29 is 0 Å². The first kappa shape index (κ1) is 16.7. The lowest BCUT2D eigenvalue weighted by Crippen LogP contribution is -2.32. The van der Waals surface area contributed by atoms with Crippen molar-refractivity contribution in [2.24, 2.45) is 0 Å². The summed E-state index contributed by atoms with van der Waals surface area (Å²) in [6.45, 7) is 2.15. The van der Waals surface area contributed by atoms with Gasteiger partial charge in [-0.2, -0.15) is 0 Å². The van der Waals surface area contributed by atoms with Crippen LogP contribution in [-0.2, 0) is 6.42 Å². The minimum absolute atomic E-state index is 0.0566. The Labute approximate surface area is 152 Å². The molecule has 24 heavy (non-hydrogen) atoms. The summed E-state index contributed by atoms with van der Waals surface area (Å²) in [6, 6.07) is 23.0. The van der Waals surface area contributed by atoms with Crippen LogP contribution in [0.1, 0.15) is 29.0 Å². The molecule has 1 aromatic heterocycles. The van der Waals surface area contributed by atoms with Gasteiger partial charge in [-0.1, -0.05) is 55.5 Å². The van der Waals surface area contributed by atoms with Gasteiger partial charge in [0.05, 0.1) is 6.04 Å². The molecule has 0 spiro atoms. The van der Waals surface area contributed by atoms with Gasteiger partial charge in [0.15, 0.2) is 5.11 Å². The van der Waals surface area contributed by atoms with Gasteiger partial charge >= 0.3 is 0 Å². The van der Waals surface area contributed by atoms with Crippen molar-refractivity contribution in [1.82, 2.24) is 5.32 Å². The van der Waals surface area contributed by atoms with Gasteiger partial charge in [-0.05, 0) is 53.3 Å². The molecule has 122 valence electrons. The van der Waals surface area contributed by atoms with Gasteiger partial charge in [-0.25, -0.2) is 0 Å². The first-order chi connectivity index (χ1) is 11.8. The second-order valence-electron chi connectivity index (χ2n) is 5.51. The lowest BCUT2D eigenvalue weighted by atomic mass is 10.1. The molecule has 3 aromatic rings. The van der Waals surface area contributed by atoms with Crippen molar-refractivity contribution in [1.29, 1.82) is 0 Å². The molecule has 0 amide bonds. The summed E-state index contributed by atoms with van der Waals surface area (Å²) < 4.78 is 0. The van der Waals surface area contributed by atoms with E-state index in [0.717, 1.165) is 12.1 Å². The predicted molar refractivity (Wildman–Crippen MR) is 108 cm³/mol. The van der Waals surface area contributed by atoms with Crippen molar-refractivity contribution in [3.63, 3.8) is 0 Å². The van der Waals surface area contributed by atoms with Crippen molar-refractivity contribution in [3.8, 4) is 0 Å². The third-order valence-corrected chi connectivity index (χ3v) is 5.01. The van der Waals surface area contributed by atoms with E-state index in [-0.39, 0.29) is 6.04 Å². The molecule has 1 atom stereocenters. The standard InChI is InChI=1S/C20H20N2S2/c1-2-15-10-12-17(13-11-15)21-20(23)22-19(18-9-6-14-24-18)16-7-4-3-5-8-16/h3-14,19H,2H2,1H3,(H2,21,22,23)/t19-/m0/s1. The maximum atomic E-state index is 5.53. The maximum absolute atomic E-state index is 5.53. The van der Waals surface area contributed by atoms with E-state index in [1.54, 1.807) is 11.3 Å². The highest BCUT2D eigenvalue weighted by Gasteiger charge is 2.16. The number of hydrogen-bond donors (Lipinski definition) is 2. The number of nitrogens with one attached hydrogen (secondary N) is 2. The smallest absolute Gasteiger partial charge is 0.171 e. The first-order valence-electron chi connectivity index (χ1n) is 8.01. The lowest BCUT2D eigenvalue weighted by molar-refractivity contribution is 0.784. The van der Waals surface area contributed by atoms with Gasteiger partial charge in [-0.3, -0.25) is 0 Å². The Hall–Kier alpha value is -2.17. The van der Waals surface area contributed by atoms with Crippen LogP contribution in [0, 0.1) is 0 Å². The number of anilines is 1. The Bertz CT molecular complexity index is 765. The van der Waals surface area contributed by atoms with Gasteiger partial charge in [0.1, 0.15) is 0 Å². The zero-order valence-electron chi connectivity index (χ0n) is 13.5. The third kappa shape index (κ3) is 4.22.